The summed E-state index contributed by atoms with van der Waals surface area (Å²) in [5, 5.41) is 0. The number of hydrogen-bond donors (Lipinski definition) is 1. The Morgan fingerprint density at radius 1 is 0.953 bits per heavy atom. The van der Waals surface area contributed by atoms with Crippen molar-refractivity contribution >= 4 is 11.0 Å². The molecule has 0 spiro atoms. The van der Waals surface area contributed by atoms with Gasteiger partial charge in [0, 0.05) is 18.1 Å². The van der Waals surface area contributed by atoms with E-state index in [1.807, 2.05) is 4.57 Å². The zero-order chi connectivity index (χ0) is 30.0. The largest absolute Gasteiger partial charge is 0.493 e. The number of aromatic amines is 1. The number of ether oxygens (including phenoxy) is 3. The molecule has 222 valence electrons. The maximum atomic E-state index is 14.2. The molecule has 0 radical (unpaired) electrons. The molecule has 2 aromatic heterocycles. The van der Waals surface area contributed by atoms with Gasteiger partial charge in [-0.3, -0.25) is 0 Å². The molecular weight excluding hydrogens is 569 g/mol. The molecule has 3 aromatic carbocycles. The minimum atomic E-state index is -4.58. The van der Waals surface area contributed by atoms with E-state index >= 15 is 0 Å². The van der Waals surface area contributed by atoms with Gasteiger partial charge in [0.2, 0.25) is 0 Å². The summed E-state index contributed by atoms with van der Waals surface area (Å²) in [5.41, 5.74) is 1.76. The number of imidazole rings is 1. The van der Waals surface area contributed by atoms with Gasteiger partial charge >= 0.3 is 6.18 Å². The van der Waals surface area contributed by atoms with Crippen molar-refractivity contribution in [3.63, 3.8) is 0 Å². The Labute approximate surface area is 243 Å². The van der Waals surface area contributed by atoms with Crippen molar-refractivity contribution in [2.45, 2.75) is 31.9 Å². The first-order chi connectivity index (χ1) is 20.7. The van der Waals surface area contributed by atoms with Crippen LogP contribution in [0.4, 0.5) is 22.0 Å². The molecule has 3 heterocycles. The van der Waals surface area contributed by atoms with E-state index in [0.29, 0.717) is 42.8 Å². The highest BCUT2D eigenvalue weighted by molar-refractivity contribution is 5.77. The lowest BCUT2D eigenvalue weighted by molar-refractivity contribution is -0.687. The van der Waals surface area contributed by atoms with Gasteiger partial charge in [-0.2, -0.15) is 17.7 Å². The fraction of sp³-hybridized carbons (Fsp3) is 0.250. The summed E-state index contributed by atoms with van der Waals surface area (Å²) in [6, 6.07) is 16.4. The highest BCUT2D eigenvalue weighted by Crippen LogP contribution is 2.39. The Kier molecular flexibility index (Phi) is 8.09. The molecule has 1 N–H and O–H groups in total. The zero-order valence-electron chi connectivity index (χ0n) is 22.8. The van der Waals surface area contributed by atoms with Crippen molar-refractivity contribution in [2.24, 2.45) is 0 Å². The molecule has 0 unspecified atom stereocenters. The van der Waals surface area contributed by atoms with Crippen molar-refractivity contribution in [1.82, 2.24) is 9.97 Å². The summed E-state index contributed by atoms with van der Waals surface area (Å²) in [5.74, 6) is -1.61. The number of aromatic nitrogens is 3. The van der Waals surface area contributed by atoms with Crippen LogP contribution in [0.3, 0.4) is 0 Å². The summed E-state index contributed by atoms with van der Waals surface area (Å²) in [4.78, 5) is 7.39. The van der Waals surface area contributed by atoms with Crippen LogP contribution in [0.15, 0.2) is 79.1 Å². The summed E-state index contributed by atoms with van der Waals surface area (Å²) >= 11 is 0. The summed E-state index contributed by atoms with van der Waals surface area (Å²) in [6.07, 6.45) is -0.179. The van der Waals surface area contributed by atoms with Crippen LogP contribution in [0.5, 0.6) is 5.75 Å². The lowest BCUT2D eigenvalue weighted by atomic mass is 9.98. The maximum absolute atomic E-state index is 14.2. The van der Waals surface area contributed by atoms with E-state index < -0.39 is 29.7 Å². The van der Waals surface area contributed by atoms with E-state index in [2.05, 4.69) is 9.97 Å². The topological polar surface area (TPSA) is 60.3 Å². The third kappa shape index (κ3) is 6.52. The number of benzene rings is 3. The third-order valence-corrected chi connectivity index (χ3v) is 7.13. The van der Waals surface area contributed by atoms with Crippen LogP contribution in [-0.2, 0) is 22.2 Å². The number of fused-ring (bicyclic) bond motifs is 1. The Balaban J connectivity index is 1.17. The van der Waals surface area contributed by atoms with Gasteiger partial charge in [0.25, 0.3) is 0 Å². The van der Waals surface area contributed by atoms with Gasteiger partial charge < -0.3 is 19.2 Å². The molecule has 43 heavy (non-hydrogen) atoms. The number of H-pyrrole nitrogens is 1. The van der Waals surface area contributed by atoms with Gasteiger partial charge in [0.1, 0.15) is 22.6 Å². The van der Waals surface area contributed by atoms with Gasteiger partial charge in [0.15, 0.2) is 36.9 Å². The molecular formula is C32H27F5N3O3+. The third-order valence-electron chi connectivity index (χ3n) is 7.13. The predicted octanol–water partition coefficient (Wildman–Crippen LogP) is 7.06. The maximum Gasteiger partial charge on any atom is 0.417 e. The minimum Gasteiger partial charge on any atom is -0.493 e. The second-order valence-corrected chi connectivity index (χ2v) is 10.2. The van der Waals surface area contributed by atoms with E-state index in [-0.39, 0.29) is 29.3 Å². The molecule has 6 nitrogen and oxygen atoms in total. The molecule has 5 aromatic rings. The molecule has 0 amide bonds. The van der Waals surface area contributed by atoms with E-state index in [4.69, 9.17) is 14.2 Å². The van der Waals surface area contributed by atoms with Gasteiger partial charge in [-0.25, -0.2) is 13.8 Å². The summed E-state index contributed by atoms with van der Waals surface area (Å²) < 4.78 is 88.3. The highest BCUT2D eigenvalue weighted by atomic mass is 19.4. The second kappa shape index (κ2) is 12.1. The molecule has 1 saturated heterocycles. The lowest BCUT2D eigenvalue weighted by Crippen LogP contribution is -2.33. The molecule has 1 aliphatic rings. The first-order valence-electron chi connectivity index (χ1n) is 13.7. The van der Waals surface area contributed by atoms with E-state index in [1.165, 1.54) is 24.3 Å². The van der Waals surface area contributed by atoms with Crippen LogP contribution in [0.1, 0.15) is 24.0 Å². The summed E-state index contributed by atoms with van der Waals surface area (Å²) in [6.45, 7) is 1.78. The average molecular weight is 597 g/mol. The van der Waals surface area contributed by atoms with Crippen molar-refractivity contribution in [2.75, 3.05) is 19.8 Å². The van der Waals surface area contributed by atoms with Crippen molar-refractivity contribution in [3.8, 4) is 28.3 Å². The smallest absolute Gasteiger partial charge is 0.417 e. The molecule has 0 atom stereocenters. The van der Waals surface area contributed by atoms with Gasteiger partial charge in [-0.1, -0.05) is 36.4 Å². The quantitative estimate of drug-likeness (QED) is 0.154. The normalized spacial score (nSPS) is 14.3. The number of halogens is 5. The first kappa shape index (κ1) is 28.8. The molecule has 0 saturated carbocycles. The van der Waals surface area contributed by atoms with Gasteiger partial charge in [0.05, 0.1) is 30.9 Å². The monoisotopic (exact) mass is 596 g/mol. The molecule has 6 rings (SSSR count). The number of pyridine rings is 1. The fourth-order valence-corrected chi connectivity index (χ4v) is 4.99. The summed E-state index contributed by atoms with van der Waals surface area (Å²) in [7, 11) is 0. The number of hydrogen-bond acceptors (Lipinski definition) is 4. The van der Waals surface area contributed by atoms with Gasteiger partial charge in [-0.15, -0.1) is 0 Å². The highest BCUT2D eigenvalue weighted by Gasteiger charge is 2.34. The minimum absolute atomic E-state index is 0.0276. The molecule has 0 bridgehead atoms. The van der Waals surface area contributed by atoms with Crippen LogP contribution in [0.2, 0.25) is 0 Å². The molecule has 0 aliphatic carbocycles. The van der Waals surface area contributed by atoms with E-state index in [1.54, 1.807) is 42.7 Å². The second-order valence-electron chi connectivity index (χ2n) is 10.2. The Bertz CT molecular complexity index is 1730. The number of alkyl halides is 3. The van der Waals surface area contributed by atoms with Crippen LogP contribution in [0, 0.1) is 11.6 Å². The van der Waals surface area contributed by atoms with Crippen LogP contribution >= 0.6 is 0 Å². The average Bonchev–Trinajstić information content (AvgIpc) is 3.42. The Morgan fingerprint density at radius 2 is 1.74 bits per heavy atom. The molecule has 1 fully saturated rings. The predicted molar refractivity (Wildman–Crippen MR) is 148 cm³/mol. The lowest BCUT2D eigenvalue weighted by Gasteiger charge is -2.23. The zero-order valence-corrected chi connectivity index (χ0v) is 22.8. The number of nitrogens with zero attached hydrogens (tertiary/aromatic N) is 2. The van der Waals surface area contributed by atoms with Crippen molar-refractivity contribution in [3.05, 3.63) is 102 Å². The number of rotatable bonds is 8. The SMILES string of the molecule is Fc1cccc(-c2nc3cc[n+](Cc4ccc(-c5ccc(OCCC6OCCCO6)cc5C(F)(F)F)cc4)cc3[nH]2)c1F. The molecule has 1 aliphatic heterocycles. The molecule has 11 heteroatoms. The van der Waals surface area contributed by atoms with Crippen LogP contribution in [0.25, 0.3) is 33.5 Å². The van der Waals surface area contributed by atoms with Crippen molar-refractivity contribution < 1.29 is 40.7 Å². The fourth-order valence-electron chi connectivity index (χ4n) is 4.99. The first-order valence-corrected chi connectivity index (χ1v) is 13.7. The van der Waals surface area contributed by atoms with Crippen molar-refractivity contribution in [1.29, 1.82) is 0 Å². The Hall–Kier alpha value is -4.35. The number of nitrogens with one attached hydrogen (secondary N) is 1. The van der Waals surface area contributed by atoms with Crippen LogP contribution in [-0.4, -0.2) is 36.1 Å². The Morgan fingerprint density at radius 3 is 2.51 bits per heavy atom. The van der Waals surface area contributed by atoms with Gasteiger partial charge in [-0.05, 0) is 41.8 Å². The van der Waals surface area contributed by atoms with E-state index in [0.717, 1.165) is 24.1 Å². The van der Waals surface area contributed by atoms with E-state index in [9.17, 15) is 22.0 Å². The standard InChI is InChI=1S/C32H26F5N3O3/c33-26-4-1-3-24(30(26)34)31-38-27-11-13-40(19-28(27)39-31)18-20-5-7-21(8-6-20)23-10-9-22(17-25(23)32(35,36)37)41-16-12-29-42-14-2-15-43-29/h1,3-11,13,17,19,29H,2,12,14-16,18H2/p+1. The van der Waals surface area contributed by atoms with Crippen LogP contribution < -0.4 is 9.30 Å².